The molecule has 1 aromatic heterocycles. The molecule has 2 rings (SSSR count). The van der Waals surface area contributed by atoms with Gasteiger partial charge < -0.3 is 0 Å². The normalized spacial score (nSPS) is 14.6. The summed E-state index contributed by atoms with van der Waals surface area (Å²) in [4.78, 5) is 9.29. The van der Waals surface area contributed by atoms with Gasteiger partial charge in [-0.15, -0.1) is 0 Å². The van der Waals surface area contributed by atoms with E-state index in [1.54, 1.807) is 0 Å². The molecule has 1 aliphatic carbocycles. The molecule has 0 saturated carbocycles. The zero-order chi connectivity index (χ0) is 9.26. The van der Waals surface area contributed by atoms with Gasteiger partial charge in [-0.25, -0.2) is 0 Å². The van der Waals surface area contributed by atoms with Crippen molar-refractivity contribution in [2.24, 2.45) is 0 Å². The van der Waals surface area contributed by atoms with Crippen LogP contribution in [-0.4, -0.2) is 9.97 Å². The number of aromatic nitrogens is 2. The molecular formula is C11H16N2. The summed E-state index contributed by atoms with van der Waals surface area (Å²) in [5.41, 5.74) is 4.86. The van der Waals surface area contributed by atoms with E-state index in [1.807, 2.05) is 0 Å². The fraction of sp³-hybridized carbons (Fsp3) is 0.636. The molecule has 0 bridgehead atoms. The molecule has 0 saturated heterocycles. The standard InChI is InChI=1S/C11H16N2/c1-3-5-9-8(2)12-10-6-4-7-11(10)13-9/h3-7H2,1-2H3. The van der Waals surface area contributed by atoms with Crippen LogP contribution in [0.2, 0.25) is 0 Å². The molecule has 70 valence electrons. The molecular weight excluding hydrogens is 160 g/mol. The number of hydrogen-bond acceptors (Lipinski definition) is 2. The van der Waals surface area contributed by atoms with E-state index in [0.717, 1.165) is 31.4 Å². The number of fused-ring (bicyclic) bond motifs is 1. The van der Waals surface area contributed by atoms with Gasteiger partial charge in [0.05, 0.1) is 22.8 Å². The van der Waals surface area contributed by atoms with E-state index in [-0.39, 0.29) is 0 Å². The SMILES string of the molecule is CCCc1nc2c(nc1C)CCC2. The van der Waals surface area contributed by atoms with Crippen LogP contribution in [-0.2, 0) is 19.3 Å². The van der Waals surface area contributed by atoms with Crippen LogP contribution in [0.1, 0.15) is 42.5 Å². The van der Waals surface area contributed by atoms with Crippen LogP contribution >= 0.6 is 0 Å². The minimum absolute atomic E-state index is 1.08. The molecule has 1 heterocycles. The van der Waals surface area contributed by atoms with Gasteiger partial charge in [-0.05, 0) is 32.6 Å². The Morgan fingerprint density at radius 1 is 1.15 bits per heavy atom. The van der Waals surface area contributed by atoms with Crippen molar-refractivity contribution in [2.45, 2.75) is 46.0 Å². The molecule has 0 atom stereocenters. The molecule has 0 radical (unpaired) electrons. The van der Waals surface area contributed by atoms with Crippen LogP contribution in [0.25, 0.3) is 0 Å². The third kappa shape index (κ3) is 1.58. The fourth-order valence-corrected chi connectivity index (χ4v) is 1.94. The zero-order valence-electron chi connectivity index (χ0n) is 8.43. The second-order valence-electron chi connectivity index (χ2n) is 3.75. The molecule has 0 aliphatic heterocycles. The number of nitrogens with zero attached hydrogens (tertiary/aromatic N) is 2. The molecule has 0 N–H and O–H groups in total. The van der Waals surface area contributed by atoms with E-state index in [9.17, 15) is 0 Å². The maximum absolute atomic E-state index is 4.68. The van der Waals surface area contributed by atoms with Crippen LogP contribution < -0.4 is 0 Å². The van der Waals surface area contributed by atoms with E-state index in [2.05, 4.69) is 23.8 Å². The molecule has 1 aliphatic rings. The van der Waals surface area contributed by atoms with E-state index in [0.29, 0.717) is 0 Å². The van der Waals surface area contributed by atoms with Crippen molar-refractivity contribution in [2.75, 3.05) is 0 Å². The average Bonchev–Trinajstić information content (AvgIpc) is 2.52. The average molecular weight is 176 g/mol. The van der Waals surface area contributed by atoms with E-state index in [4.69, 9.17) is 0 Å². The largest absolute Gasteiger partial charge is 0.254 e. The number of hydrogen-bond donors (Lipinski definition) is 0. The quantitative estimate of drug-likeness (QED) is 0.690. The summed E-state index contributed by atoms with van der Waals surface area (Å²) in [5.74, 6) is 0. The summed E-state index contributed by atoms with van der Waals surface area (Å²) in [6.45, 7) is 4.27. The van der Waals surface area contributed by atoms with Crippen LogP contribution in [0.15, 0.2) is 0 Å². The van der Waals surface area contributed by atoms with Gasteiger partial charge in [0.15, 0.2) is 0 Å². The second-order valence-corrected chi connectivity index (χ2v) is 3.75. The van der Waals surface area contributed by atoms with Crippen LogP contribution in [0.4, 0.5) is 0 Å². The smallest absolute Gasteiger partial charge is 0.0622 e. The lowest BCUT2D eigenvalue weighted by Gasteiger charge is -2.05. The summed E-state index contributed by atoms with van der Waals surface area (Å²) in [6.07, 6.45) is 5.75. The first-order chi connectivity index (χ1) is 6.31. The molecule has 0 amide bonds. The van der Waals surface area contributed by atoms with Gasteiger partial charge in [-0.3, -0.25) is 9.97 Å². The van der Waals surface area contributed by atoms with Gasteiger partial charge in [-0.1, -0.05) is 13.3 Å². The minimum atomic E-state index is 1.08. The third-order valence-corrected chi connectivity index (χ3v) is 2.64. The van der Waals surface area contributed by atoms with Gasteiger partial charge in [0.2, 0.25) is 0 Å². The molecule has 0 aromatic carbocycles. The first-order valence-electron chi connectivity index (χ1n) is 5.16. The Labute approximate surface area is 79.4 Å². The minimum Gasteiger partial charge on any atom is -0.254 e. The van der Waals surface area contributed by atoms with Gasteiger partial charge >= 0.3 is 0 Å². The lowest BCUT2D eigenvalue weighted by atomic mass is 10.2. The summed E-state index contributed by atoms with van der Waals surface area (Å²) in [7, 11) is 0. The van der Waals surface area contributed by atoms with Crippen LogP contribution in [0.5, 0.6) is 0 Å². The predicted molar refractivity (Wildman–Crippen MR) is 52.8 cm³/mol. The van der Waals surface area contributed by atoms with Gasteiger partial charge in [0.1, 0.15) is 0 Å². The Morgan fingerprint density at radius 2 is 1.85 bits per heavy atom. The van der Waals surface area contributed by atoms with Gasteiger partial charge in [0, 0.05) is 0 Å². The van der Waals surface area contributed by atoms with Crippen molar-refractivity contribution in [1.29, 1.82) is 0 Å². The third-order valence-electron chi connectivity index (χ3n) is 2.64. The number of rotatable bonds is 2. The highest BCUT2D eigenvalue weighted by molar-refractivity contribution is 5.23. The highest BCUT2D eigenvalue weighted by Gasteiger charge is 2.15. The van der Waals surface area contributed by atoms with Crippen LogP contribution in [0, 0.1) is 6.92 Å². The lowest BCUT2D eigenvalue weighted by molar-refractivity contribution is 0.830. The molecule has 13 heavy (non-hydrogen) atoms. The second kappa shape index (κ2) is 3.44. The van der Waals surface area contributed by atoms with E-state index < -0.39 is 0 Å². The summed E-state index contributed by atoms with van der Waals surface area (Å²) in [5, 5.41) is 0. The zero-order valence-corrected chi connectivity index (χ0v) is 8.43. The maximum Gasteiger partial charge on any atom is 0.0622 e. The Hall–Kier alpha value is -0.920. The summed E-state index contributed by atoms with van der Waals surface area (Å²) >= 11 is 0. The highest BCUT2D eigenvalue weighted by Crippen LogP contribution is 2.19. The first-order valence-corrected chi connectivity index (χ1v) is 5.16. The Balaban J connectivity index is 2.37. The number of aryl methyl sites for hydroxylation is 4. The molecule has 0 unspecified atom stereocenters. The topological polar surface area (TPSA) is 25.8 Å². The van der Waals surface area contributed by atoms with Gasteiger partial charge in [-0.2, -0.15) is 0 Å². The summed E-state index contributed by atoms with van der Waals surface area (Å²) in [6, 6.07) is 0. The first kappa shape index (κ1) is 8.67. The highest BCUT2D eigenvalue weighted by atomic mass is 14.9. The summed E-state index contributed by atoms with van der Waals surface area (Å²) < 4.78 is 0. The molecule has 1 aromatic rings. The Morgan fingerprint density at radius 3 is 2.54 bits per heavy atom. The Bertz CT molecular complexity index is 318. The molecule has 0 fully saturated rings. The predicted octanol–water partition coefficient (Wildman–Crippen LogP) is 2.23. The van der Waals surface area contributed by atoms with E-state index >= 15 is 0 Å². The van der Waals surface area contributed by atoms with Crippen molar-refractivity contribution < 1.29 is 0 Å². The molecule has 0 spiro atoms. The van der Waals surface area contributed by atoms with Crippen LogP contribution in [0.3, 0.4) is 0 Å². The van der Waals surface area contributed by atoms with Crippen molar-refractivity contribution in [3.63, 3.8) is 0 Å². The van der Waals surface area contributed by atoms with Crippen molar-refractivity contribution >= 4 is 0 Å². The lowest BCUT2D eigenvalue weighted by Crippen LogP contribution is -2.02. The monoisotopic (exact) mass is 176 g/mol. The van der Waals surface area contributed by atoms with Crippen molar-refractivity contribution in [3.05, 3.63) is 22.8 Å². The van der Waals surface area contributed by atoms with Crippen molar-refractivity contribution in [3.8, 4) is 0 Å². The molecule has 2 heteroatoms. The van der Waals surface area contributed by atoms with Gasteiger partial charge in [0.25, 0.3) is 0 Å². The molecule has 2 nitrogen and oxygen atoms in total. The fourth-order valence-electron chi connectivity index (χ4n) is 1.94. The Kier molecular flexibility index (Phi) is 2.30. The van der Waals surface area contributed by atoms with Crippen molar-refractivity contribution in [1.82, 2.24) is 9.97 Å². The maximum atomic E-state index is 4.68. The van der Waals surface area contributed by atoms with E-state index in [1.165, 1.54) is 23.5 Å².